The van der Waals surface area contributed by atoms with Crippen molar-refractivity contribution in [1.82, 2.24) is 0 Å². The maximum Gasteiger partial charge on any atom is 0.247 e. The molecule has 0 amide bonds. The monoisotopic (exact) mass is 390 g/mol. The van der Waals surface area contributed by atoms with Gasteiger partial charge >= 0.3 is 0 Å². The minimum Gasteiger partial charge on any atom is -0.377 e. The van der Waals surface area contributed by atoms with Crippen molar-refractivity contribution < 1.29 is 38.0 Å². The Labute approximate surface area is 151 Å². The minimum absolute atomic E-state index is 0.109. The molecule has 0 aromatic carbocycles. The molecule has 0 rings (SSSR count). The van der Waals surface area contributed by atoms with Crippen LogP contribution in [-0.4, -0.2) is 89.8 Å². The van der Waals surface area contributed by atoms with Crippen LogP contribution in [0.4, 0.5) is 0 Å². The molecule has 0 aliphatic carbocycles. The van der Waals surface area contributed by atoms with E-state index in [1.54, 1.807) is 0 Å². The van der Waals surface area contributed by atoms with Gasteiger partial charge in [-0.05, 0) is 23.2 Å². The number of carbonyl (C=O) groups is 2. The molecule has 0 fully saturated rings. The first-order chi connectivity index (χ1) is 11.6. The summed E-state index contributed by atoms with van der Waals surface area (Å²) in [6.45, 7) is 3.86. The molecule has 8 nitrogen and oxygen atoms in total. The van der Waals surface area contributed by atoms with E-state index in [1.165, 1.54) is 0 Å². The fourth-order valence-electron chi connectivity index (χ4n) is 1.30. The Balaban J connectivity index is 3.00. The second kappa shape index (κ2) is 19.0. The summed E-state index contributed by atoms with van der Waals surface area (Å²) < 4.78 is 30.8. The van der Waals surface area contributed by atoms with Gasteiger partial charge in [0.2, 0.25) is 10.5 Å². The van der Waals surface area contributed by atoms with E-state index in [0.29, 0.717) is 66.1 Å². The molecule has 0 atom stereocenters. The van der Waals surface area contributed by atoms with Crippen LogP contribution in [-0.2, 0) is 38.0 Å². The van der Waals surface area contributed by atoms with E-state index in [9.17, 15) is 9.59 Å². The van der Waals surface area contributed by atoms with Gasteiger partial charge in [-0.2, -0.15) is 0 Å². The van der Waals surface area contributed by atoms with Crippen molar-refractivity contribution in [3.05, 3.63) is 0 Å². The quantitative estimate of drug-likeness (QED) is 0.234. The highest BCUT2D eigenvalue weighted by molar-refractivity contribution is 6.64. The first-order valence-corrected chi connectivity index (χ1v) is 8.21. The van der Waals surface area contributed by atoms with E-state index >= 15 is 0 Å². The highest BCUT2D eigenvalue weighted by Crippen LogP contribution is 1.86. The Kier molecular flexibility index (Phi) is 18.8. The topological polar surface area (TPSA) is 89.5 Å². The highest BCUT2D eigenvalue weighted by atomic mass is 35.5. The molecule has 0 aromatic rings. The van der Waals surface area contributed by atoms with Crippen molar-refractivity contribution in [3.63, 3.8) is 0 Å². The summed E-state index contributed by atoms with van der Waals surface area (Å²) in [4.78, 5) is 20.7. The van der Waals surface area contributed by atoms with Crippen LogP contribution in [0.25, 0.3) is 0 Å². The van der Waals surface area contributed by atoms with Crippen molar-refractivity contribution in [2.45, 2.75) is 0 Å². The van der Waals surface area contributed by atoms with E-state index < -0.39 is 10.5 Å². The van der Waals surface area contributed by atoms with E-state index in [-0.39, 0.29) is 13.2 Å². The van der Waals surface area contributed by atoms with Crippen LogP contribution in [0, 0.1) is 0 Å². The fourth-order valence-corrected chi connectivity index (χ4v) is 1.46. The van der Waals surface area contributed by atoms with Crippen LogP contribution in [0.1, 0.15) is 0 Å². The summed E-state index contributed by atoms with van der Waals surface area (Å²) in [5.41, 5.74) is 0. The number of halogens is 2. The van der Waals surface area contributed by atoms with E-state index in [0.717, 1.165) is 0 Å². The third kappa shape index (κ3) is 21.7. The van der Waals surface area contributed by atoms with Gasteiger partial charge in [0.05, 0.1) is 66.1 Å². The summed E-state index contributed by atoms with van der Waals surface area (Å²) in [6.07, 6.45) is 0. The summed E-state index contributed by atoms with van der Waals surface area (Å²) in [5.74, 6) is 0. The maximum atomic E-state index is 10.4. The van der Waals surface area contributed by atoms with Crippen molar-refractivity contribution in [2.75, 3.05) is 79.3 Å². The van der Waals surface area contributed by atoms with Crippen LogP contribution < -0.4 is 0 Å². The molecule has 0 saturated carbocycles. The predicted molar refractivity (Wildman–Crippen MR) is 86.6 cm³/mol. The zero-order valence-electron chi connectivity index (χ0n) is 13.5. The van der Waals surface area contributed by atoms with Gasteiger partial charge in [-0.25, -0.2) is 0 Å². The second-order valence-corrected chi connectivity index (χ2v) is 5.11. The second-order valence-electron chi connectivity index (χ2n) is 4.26. The Hall–Kier alpha value is -0.320. The van der Waals surface area contributed by atoms with Gasteiger partial charge < -0.3 is 28.4 Å². The van der Waals surface area contributed by atoms with Crippen molar-refractivity contribution >= 4 is 33.7 Å². The summed E-state index contributed by atoms with van der Waals surface area (Å²) >= 11 is 10.2. The maximum absolute atomic E-state index is 10.4. The lowest BCUT2D eigenvalue weighted by Gasteiger charge is -2.07. The molecule has 0 saturated heterocycles. The molecular formula is C14H24Cl2O8. The van der Waals surface area contributed by atoms with Crippen LogP contribution in [0.2, 0.25) is 0 Å². The lowest BCUT2D eigenvalue weighted by molar-refractivity contribution is -0.117. The molecule has 0 N–H and O–H groups in total. The average molecular weight is 391 g/mol. The van der Waals surface area contributed by atoms with E-state index in [4.69, 9.17) is 51.6 Å². The number of hydrogen-bond acceptors (Lipinski definition) is 8. The number of carbonyl (C=O) groups excluding carboxylic acids is 2. The van der Waals surface area contributed by atoms with Crippen molar-refractivity contribution in [1.29, 1.82) is 0 Å². The van der Waals surface area contributed by atoms with E-state index in [2.05, 4.69) is 0 Å². The Bertz CT molecular complexity index is 287. The molecule has 0 bridgehead atoms. The molecule has 10 heteroatoms. The van der Waals surface area contributed by atoms with Crippen molar-refractivity contribution in [3.8, 4) is 0 Å². The first kappa shape index (κ1) is 23.7. The number of rotatable bonds is 19. The van der Waals surface area contributed by atoms with Gasteiger partial charge in [0, 0.05) is 0 Å². The highest BCUT2D eigenvalue weighted by Gasteiger charge is 1.97. The zero-order chi connectivity index (χ0) is 17.9. The first-order valence-electron chi connectivity index (χ1n) is 7.46. The van der Waals surface area contributed by atoms with Gasteiger partial charge in [0.25, 0.3) is 0 Å². The Morgan fingerprint density at radius 2 is 0.667 bits per heavy atom. The number of hydrogen-bond donors (Lipinski definition) is 0. The van der Waals surface area contributed by atoms with Crippen LogP contribution in [0.3, 0.4) is 0 Å². The molecule has 0 spiro atoms. The molecular weight excluding hydrogens is 367 g/mol. The lowest BCUT2D eigenvalue weighted by Crippen LogP contribution is -2.14. The number of ether oxygens (including phenoxy) is 6. The van der Waals surface area contributed by atoms with Gasteiger partial charge in [-0.1, -0.05) is 0 Å². The van der Waals surface area contributed by atoms with E-state index in [1.807, 2.05) is 0 Å². The Morgan fingerprint density at radius 1 is 0.458 bits per heavy atom. The molecule has 142 valence electrons. The molecule has 0 heterocycles. The average Bonchev–Trinajstić information content (AvgIpc) is 2.53. The summed E-state index contributed by atoms with van der Waals surface area (Å²) in [7, 11) is 0. The SMILES string of the molecule is O=C(Cl)COCCOCCOCCOCCOCCOCC(=O)Cl. The fraction of sp³-hybridized carbons (Fsp3) is 0.857. The molecule has 0 aliphatic rings. The largest absolute Gasteiger partial charge is 0.377 e. The lowest BCUT2D eigenvalue weighted by atomic mass is 10.7. The van der Waals surface area contributed by atoms with Crippen molar-refractivity contribution in [2.24, 2.45) is 0 Å². The van der Waals surface area contributed by atoms with Gasteiger partial charge in [0.15, 0.2) is 0 Å². The normalized spacial score (nSPS) is 10.9. The molecule has 0 unspecified atom stereocenters. The van der Waals surface area contributed by atoms with Crippen LogP contribution in [0.15, 0.2) is 0 Å². The predicted octanol–water partition coefficient (Wildman–Crippen LogP) is 0.617. The van der Waals surface area contributed by atoms with Gasteiger partial charge in [-0.3, -0.25) is 9.59 Å². The third-order valence-corrected chi connectivity index (χ3v) is 2.51. The smallest absolute Gasteiger partial charge is 0.247 e. The molecule has 0 aromatic heterocycles. The summed E-state index contributed by atoms with van der Waals surface area (Å²) in [5, 5.41) is -1.06. The van der Waals surface area contributed by atoms with Crippen LogP contribution in [0.5, 0.6) is 0 Å². The van der Waals surface area contributed by atoms with Crippen LogP contribution >= 0.6 is 23.2 Å². The molecule has 0 radical (unpaired) electrons. The Morgan fingerprint density at radius 3 is 0.875 bits per heavy atom. The standard InChI is InChI=1S/C14H24Cl2O8/c15-13(17)11-23-9-7-21-5-3-19-1-2-20-4-6-22-8-10-24-12-14(16)18/h1-12H2. The van der Waals surface area contributed by atoms with Gasteiger partial charge in [0.1, 0.15) is 13.2 Å². The van der Waals surface area contributed by atoms with Gasteiger partial charge in [-0.15, -0.1) is 0 Å². The third-order valence-electron chi connectivity index (χ3n) is 2.29. The molecule has 0 aliphatic heterocycles. The minimum atomic E-state index is -0.528. The molecule has 24 heavy (non-hydrogen) atoms. The zero-order valence-corrected chi connectivity index (χ0v) is 15.0. The summed E-state index contributed by atoms with van der Waals surface area (Å²) in [6, 6.07) is 0.